The van der Waals surface area contributed by atoms with E-state index in [0.29, 0.717) is 0 Å². The SMILES string of the molecule is CCCCCCCCCCCCc1csc(-c2ccc(-c3cc(CCCCCCCCCCCC)cs3)c3nn(CCCCCCCCCCCC)nc23)c1. The molecule has 1 aromatic carbocycles. The van der Waals surface area contributed by atoms with Crippen molar-refractivity contribution in [2.24, 2.45) is 0 Å². The molecule has 3 aromatic heterocycles. The molecule has 55 heavy (non-hydrogen) atoms. The second-order valence-electron chi connectivity index (χ2n) is 16.8. The number of hydrogen-bond acceptors (Lipinski definition) is 4. The number of benzene rings is 1. The maximum Gasteiger partial charge on any atom is 0.122 e. The quantitative estimate of drug-likeness (QED) is 0.0435. The molecule has 4 rings (SSSR count). The first-order valence-electron chi connectivity index (χ1n) is 23.8. The Morgan fingerprint density at radius 1 is 0.400 bits per heavy atom. The van der Waals surface area contributed by atoms with Crippen LogP contribution in [-0.2, 0) is 19.4 Å². The van der Waals surface area contributed by atoms with E-state index in [1.54, 1.807) is 0 Å². The molecule has 0 N–H and O–H groups in total. The van der Waals surface area contributed by atoms with Gasteiger partial charge < -0.3 is 0 Å². The van der Waals surface area contributed by atoms with Crippen LogP contribution in [0.1, 0.15) is 225 Å². The first-order valence-corrected chi connectivity index (χ1v) is 25.5. The van der Waals surface area contributed by atoms with Gasteiger partial charge in [-0.3, -0.25) is 0 Å². The average Bonchev–Trinajstić information content (AvgIpc) is 3.97. The summed E-state index contributed by atoms with van der Waals surface area (Å²) >= 11 is 3.79. The maximum absolute atomic E-state index is 5.22. The lowest BCUT2D eigenvalue weighted by Crippen LogP contribution is -2.02. The number of nitrogens with zero attached hydrogens (tertiary/aromatic N) is 3. The molecule has 5 heteroatoms. The summed E-state index contributed by atoms with van der Waals surface area (Å²) in [6.07, 6.45) is 43.7. The van der Waals surface area contributed by atoms with Crippen molar-refractivity contribution in [3.8, 4) is 20.9 Å². The van der Waals surface area contributed by atoms with Crippen molar-refractivity contribution >= 4 is 33.7 Å². The van der Waals surface area contributed by atoms with E-state index in [9.17, 15) is 0 Å². The highest BCUT2D eigenvalue weighted by Gasteiger charge is 2.18. The molecule has 0 fully saturated rings. The van der Waals surface area contributed by atoms with Crippen LogP contribution in [-0.4, -0.2) is 15.0 Å². The largest absolute Gasteiger partial charge is 0.184 e. The predicted molar refractivity (Wildman–Crippen MR) is 247 cm³/mol. The van der Waals surface area contributed by atoms with E-state index in [-0.39, 0.29) is 0 Å². The molecule has 0 bridgehead atoms. The van der Waals surface area contributed by atoms with Crippen molar-refractivity contribution in [3.05, 3.63) is 46.2 Å². The van der Waals surface area contributed by atoms with Gasteiger partial charge in [0.15, 0.2) is 0 Å². The standard InChI is InChI=1S/C50H81N3S2/c1-4-7-10-13-16-19-22-25-28-31-34-43-39-47(54-41-43)45-36-37-46(48-40-44(42-55-48)35-32-29-26-23-20-17-14-11-8-5-2)50-49(45)51-53(52-50)38-33-30-27-24-21-18-15-12-9-6-3/h36-37,39-42H,4-35,38H2,1-3H3. The van der Waals surface area contributed by atoms with E-state index in [4.69, 9.17) is 10.2 Å². The zero-order valence-electron chi connectivity index (χ0n) is 36.0. The molecular formula is C50H81N3S2. The summed E-state index contributed by atoms with van der Waals surface area (Å²) in [5.74, 6) is 0. The van der Waals surface area contributed by atoms with Crippen LogP contribution in [0.4, 0.5) is 0 Å². The molecule has 0 amide bonds. The van der Waals surface area contributed by atoms with Gasteiger partial charge in [0.25, 0.3) is 0 Å². The molecule has 0 spiro atoms. The zero-order valence-corrected chi connectivity index (χ0v) is 37.6. The first kappa shape index (κ1) is 45.7. The van der Waals surface area contributed by atoms with Crippen molar-refractivity contribution in [2.75, 3.05) is 0 Å². The van der Waals surface area contributed by atoms with E-state index in [2.05, 4.69) is 55.8 Å². The smallest absolute Gasteiger partial charge is 0.122 e. The molecular weight excluding hydrogens is 707 g/mol. The lowest BCUT2D eigenvalue weighted by atomic mass is 10.0. The van der Waals surface area contributed by atoms with Crippen molar-refractivity contribution < 1.29 is 0 Å². The first-order chi connectivity index (χ1) is 27.2. The van der Waals surface area contributed by atoms with Crippen LogP contribution in [0.15, 0.2) is 35.0 Å². The zero-order chi connectivity index (χ0) is 38.6. The number of aryl methyl sites for hydroxylation is 3. The summed E-state index contributed by atoms with van der Waals surface area (Å²) in [7, 11) is 0. The number of aromatic nitrogens is 3. The highest BCUT2D eigenvalue weighted by atomic mass is 32.1. The van der Waals surface area contributed by atoms with Crippen molar-refractivity contribution in [1.82, 2.24) is 15.0 Å². The van der Waals surface area contributed by atoms with Crippen LogP contribution in [0, 0.1) is 0 Å². The Labute approximate surface area is 346 Å². The minimum atomic E-state index is 0.910. The molecule has 0 radical (unpaired) electrons. The van der Waals surface area contributed by atoms with Gasteiger partial charge in [-0.1, -0.05) is 206 Å². The predicted octanol–water partition coefficient (Wildman–Crippen LogP) is 17.7. The molecule has 4 aromatic rings. The van der Waals surface area contributed by atoms with Crippen molar-refractivity contribution in [3.63, 3.8) is 0 Å². The number of fused-ring (bicyclic) bond motifs is 1. The van der Waals surface area contributed by atoms with Crippen molar-refractivity contribution in [2.45, 2.75) is 233 Å². The molecule has 308 valence electrons. The Hall–Kier alpha value is -1.98. The van der Waals surface area contributed by atoms with Crippen LogP contribution < -0.4 is 0 Å². The fourth-order valence-electron chi connectivity index (χ4n) is 8.20. The fraction of sp³-hybridized carbons (Fsp3) is 0.720. The Morgan fingerprint density at radius 3 is 1.05 bits per heavy atom. The summed E-state index contributed by atoms with van der Waals surface area (Å²) < 4.78 is 0. The van der Waals surface area contributed by atoms with Gasteiger partial charge in [-0.25, -0.2) is 0 Å². The highest BCUT2D eigenvalue weighted by Crippen LogP contribution is 2.39. The van der Waals surface area contributed by atoms with E-state index < -0.39 is 0 Å². The molecule has 0 aliphatic carbocycles. The molecule has 0 saturated carbocycles. The maximum atomic E-state index is 5.22. The van der Waals surface area contributed by atoms with E-state index >= 15 is 0 Å². The van der Waals surface area contributed by atoms with Gasteiger partial charge in [0.2, 0.25) is 0 Å². The third kappa shape index (κ3) is 18.0. The average molecular weight is 788 g/mol. The Morgan fingerprint density at radius 2 is 0.709 bits per heavy atom. The lowest BCUT2D eigenvalue weighted by Gasteiger charge is -2.04. The van der Waals surface area contributed by atoms with Gasteiger partial charge in [-0.15, -0.1) is 22.7 Å². The summed E-state index contributed by atoms with van der Waals surface area (Å²) in [4.78, 5) is 4.72. The van der Waals surface area contributed by atoms with Gasteiger partial charge in [-0.2, -0.15) is 15.0 Å². The monoisotopic (exact) mass is 788 g/mol. The van der Waals surface area contributed by atoms with E-state index in [1.807, 2.05) is 27.5 Å². The van der Waals surface area contributed by atoms with Gasteiger partial charge in [-0.05, 0) is 66.1 Å². The second kappa shape index (κ2) is 29.3. The lowest BCUT2D eigenvalue weighted by molar-refractivity contribution is 0.483. The Balaban J connectivity index is 1.32. The third-order valence-corrected chi connectivity index (χ3v) is 13.8. The molecule has 0 unspecified atom stereocenters. The second-order valence-corrected chi connectivity index (χ2v) is 18.7. The van der Waals surface area contributed by atoms with Crippen LogP contribution in [0.25, 0.3) is 31.9 Å². The topological polar surface area (TPSA) is 30.7 Å². The third-order valence-electron chi connectivity index (χ3n) is 11.8. The van der Waals surface area contributed by atoms with Crippen LogP contribution in [0.5, 0.6) is 0 Å². The van der Waals surface area contributed by atoms with Gasteiger partial charge in [0.1, 0.15) is 11.0 Å². The normalized spacial score (nSPS) is 11.8. The van der Waals surface area contributed by atoms with Crippen LogP contribution in [0.3, 0.4) is 0 Å². The Kier molecular flexibility index (Phi) is 24.3. The van der Waals surface area contributed by atoms with Crippen LogP contribution in [0.2, 0.25) is 0 Å². The van der Waals surface area contributed by atoms with E-state index in [1.165, 1.54) is 231 Å². The van der Waals surface area contributed by atoms with Gasteiger partial charge >= 0.3 is 0 Å². The van der Waals surface area contributed by atoms with Gasteiger partial charge in [0, 0.05) is 20.9 Å². The van der Waals surface area contributed by atoms with Gasteiger partial charge in [0.05, 0.1) is 6.54 Å². The molecule has 0 atom stereocenters. The summed E-state index contributed by atoms with van der Waals surface area (Å²) in [6, 6.07) is 9.58. The number of thiophene rings is 2. The van der Waals surface area contributed by atoms with E-state index in [0.717, 1.165) is 24.0 Å². The molecule has 0 aliphatic rings. The fourth-order valence-corrected chi connectivity index (χ4v) is 10.2. The molecule has 0 saturated heterocycles. The summed E-state index contributed by atoms with van der Waals surface area (Å²) in [5, 5.41) is 15.2. The highest BCUT2D eigenvalue weighted by molar-refractivity contribution is 7.14. The number of unbranched alkanes of at least 4 members (excludes halogenated alkanes) is 27. The van der Waals surface area contributed by atoms with Crippen molar-refractivity contribution in [1.29, 1.82) is 0 Å². The minimum absolute atomic E-state index is 0.910. The summed E-state index contributed by atoms with van der Waals surface area (Å²) in [6.45, 7) is 7.82. The summed E-state index contributed by atoms with van der Waals surface area (Å²) in [5.41, 5.74) is 7.67. The minimum Gasteiger partial charge on any atom is -0.184 e. The molecule has 0 aliphatic heterocycles. The number of rotatable bonds is 35. The number of hydrogen-bond donors (Lipinski definition) is 0. The molecule has 3 heterocycles. The Bertz CT molecular complexity index is 1410. The molecule has 3 nitrogen and oxygen atoms in total. The van der Waals surface area contributed by atoms with Crippen LogP contribution >= 0.6 is 22.7 Å².